The van der Waals surface area contributed by atoms with Crippen LogP contribution in [0.1, 0.15) is 52.0 Å². The van der Waals surface area contributed by atoms with Crippen LogP contribution in [0.4, 0.5) is 0 Å². The minimum absolute atomic E-state index is 0.0211. The molecule has 1 aromatic rings. The van der Waals surface area contributed by atoms with E-state index in [-0.39, 0.29) is 5.41 Å². The Hall–Kier alpha value is -1.79. The van der Waals surface area contributed by atoms with Crippen LogP contribution in [0.2, 0.25) is 0 Å². The molecular weight excluding hydrogens is 378 g/mol. The lowest BCUT2D eigenvalue weighted by Crippen LogP contribution is -2.48. The van der Waals surface area contributed by atoms with Crippen molar-refractivity contribution < 1.29 is 14.2 Å². The highest BCUT2D eigenvalue weighted by Crippen LogP contribution is 2.36. The van der Waals surface area contributed by atoms with Crippen molar-refractivity contribution in [1.82, 2.24) is 10.2 Å². The highest BCUT2D eigenvalue weighted by molar-refractivity contribution is 5.80. The summed E-state index contributed by atoms with van der Waals surface area (Å²) < 4.78 is 17.2. The van der Waals surface area contributed by atoms with Gasteiger partial charge in [-0.15, -0.1) is 0 Å². The molecule has 168 valence electrons. The molecule has 0 spiro atoms. The zero-order valence-corrected chi connectivity index (χ0v) is 19.0. The molecule has 6 heteroatoms. The second-order valence-electron chi connectivity index (χ2n) is 8.16. The molecule has 3 rings (SSSR count). The van der Waals surface area contributed by atoms with Crippen LogP contribution < -0.4 is 10.1 Å². The summed E-state index contributed by atoms with van der Waals surface area (Å²) in [7, 11) is 0. The summed E-state index contributed by atoms with van der Waals surface area (Å²) in [6.07, 6.45) is 4.51. The number of ether oxygens (including phenoxy) is 3. The van der Waals surface area contributed by atoms with Gasteiger partial charge in [0.25, 0.3) is 0 Å². The average Bonchev–Trinajstić information content (AvgIpc) is 2.79. The lowest BCUT2D eigenvalue weighted by molar-refractivity contribution is 0.0262. The number of likely N-dealkylation sites (tertiary alicyclic amines) is 1. The number of aliphatic imine (C=N–C) groups is 1. The van der Waals surface area contributed by atoms with Crippen LogP contribution >= 0.6 is 0 Å². The second-order valence-corrected chi connectivity index (χ2v) is 8.16. The van der Waals surface area contributed by atoms with Crippen LogP contribution in [0.3, 0.4) is 0 Å². The van der Waals surface area contributed by atoms with Crippen molar-refractivity contribution >= 4 is 5.96 Å². The molecule has 0 aromatic heterocycles. The lowest BCUT2D eigenvalue weighted by Gasteiger charge is -2.38. The molecule has 2 saturated heterocycles. The fourth-order valence-corrected chi connectivity index (χ4v) is 4.49. The third-order valence-corrected chi connectivity index (χ3v) is 6.24. The molecule has 2 fully saturated rings. The largest absolute Gasteiger partial charge is 0.494 e. The van der Waals surface area contributed by atoms with E-state index < -0.39 is 0 Å². The fourth-order valence-electron chi connectivity index (χ4n) is 4.49. The first-order valence-corrected chi connectivity index (χ1v) is 11.7. The number of guanidine groups is 1. The highest BCUT2D eigenvalue weighted by Gasteiger charge is 2.35. The Bertz CT molecular complexity index is 648. The highest BCUT2D eigenvalue weighted by atomic mass is 16.5. The Morgan fingerprint density at radius 1 is 1.10 bits per heavy atom. The molecule has 6 nitrogen and oxygen atoms in total. The van der Waals surface area contributed by atoms with Crippen LogP contribution in [0.25, 0.3) is 0 Å². The van der Waals surface area contributed by atoms with E-state index in [0.717, 1.165) is 83.4 Å². The smallest absolute Gasteiger partial charge is 0.193 e. The van der Waals surface area contributed by atoms with E-state index in [9.17, 15) is 0 Å². The fraction of sp³-hybridized carbons (Fsp3) is 0.708. The van der Waals surface area contributed by atoms with E-state index >= 15 is 0 Å². The number of benzene rings is 1. The Labute approximate surface area is 182 Å². The normalized spacial score (nSPS) is 20.2. The monoisotopic (exact) mass is 417 g/mol. The molecule has 0 unspecified atom stereocenters. The van der Waals surface area contributed by atoms with Crippen LogP contribution in [-0.4, -0.2) is 69.6 Å². The standard InChI is InChI=1S/C24H39N3O3/c1-4-25-23(27-15-11-22(12-16-27)30-6-3)26-19-24(13-17-28-18-14-24)20-7-9-21(10-8-20)29-5-2/h7-10,22H,4-6,11-19H2,1-3H3,(H,25,26). The van der Waals surface area contributed by atoms with Crippen molar-refractivity contribution in [2.75, 3.05) is 52.6 Å². The van der Waals surface area contributed by atoms with Crippen molar-refractivity contribution in [3.05, 3.63) is 29.8 Å². The van der Waals surface area contributed by atoms with E-state index in [1.165, 1.54) is 5.56 Å². The number of nitrogens with zero attached hydrogens (tertiary/aromatic N) is 2. The molecule has 0 radical (unpaired) electrons. The minimum atomic E-state index is 0.0211. The summed E-state index contributed by atoms with van der Waals surface area (Å²) in [5.41, 5.74) is 1.36. The topological polar surface area (TPSA) is 55.3 Å². The second kappa shape index (κ2) is 11.6. The maximum atomic E-state index is 5.82. The predicted octanol–water partition coefficient (Wildman–Crippen LogP) is 3.60. The van der Waals surface area contributed by atoms with Gasteiger partial charge in [0, 0.05) is 44.9 Å². The van der Waals surface area contributed by atoms with Gasteiger partial charge >= 0.3 is 0 Å². The molecule has 0 bridgehead atoms. The summed E-state index contributed by atoms with van der Waals surface area (Å²) in [5, 5.41) is 3.52. The van der Waals surface area contributed by atoms with Gasteiger partial charge in [-0.05, 0) is 64.2 Å². The molecule has 2 aliphatic heterocycles. The SMILES string of the molecule is CCNC(=NCC1(c2ccc(OCC)cc2)CCOCC1)N1CCC(OCC)CC1. The maximum Gasteiger partial charge on any atom is 0.193 e. The summed E-state index contributed by atoms with van der Waals surface area (Å²) in [6, 6.07) is 8.60. The number of hydrogen-bond acceptors (Lipinski definition) is 4. The number of piperidine rings is 1. The lowest BCUT2D eigenvalue weighted by atomic mass is 9.74. The molecule has 0 saturated carbocycles. The molecule has 2 aliphatic rings. The Morgan fingerprint density at radius 2 is 1.80 bits per heavy atom. The van der Waals surface area contributed by atoms with Crippen LogP contribution in [0, 0.1) is 0 Å². The van der Waals surface area contributed by atoms with Crippen LogP contribution in [-0.2, 0) is 14.9 Å². The summed E-state index contributed by atoms with van der Waals surface area (Å²) in [6.45, 7) is 12.9. The number of nitrogens with one attached hydrogen (secondary N) is 1. The third kappa shape index (κ3) is 5.88. The van der Waals surface area contributed by atoms with Gasteiger partial charge in [-0.25, -0.2) is 0 Å². The minimum Gasteiger partial charge on any atom is -0.494 e. The van der Waals surface area contributed by atoms with E-state index in [1.807, 2.05) is 6.92 Å². The van der Waals surface area contributed by atoms with Gasteiger partial charge in [-0.3, -0.25) is 4.99 Å². The van der Waals surface area contributed by atoms with E-state index in [0.29, 0.717) is 12.7 Å². The quantitative estimate of drug-likeness (QED) is 0.517. The predicted molar refractivity (Wildman–Crippen MR) is 122 cm³/mol. The van der Waals surface area contributed by atoms with Crippen LogP contribution in [0.15, 0.2) is 29.3 Å². The van der Waals surface area contributed by atoms with E-state index in [2.05, 4.69) is 48.3 Å². The van der Waals surface area contributed by atoms with E-state index in [4.69, 9.17) is 19.2 Å². The first-order chi connectivity index (χ1) is 14.7. The van der Waals surface area contributed by atoms with Crippen molar-refractivity contribution in [2.24, 2.45) is 4.99 Å². The number of rotatable bonds is 8. The molecule has 2 heterocycles. The first-order valence-electron chi connectivity index (χ1n) is 11.7. The molecule has 30 heavy (non-hydrogen) atoms. The summed E-state index contributed by atoms with van der Waals surface area (Å²) in [5.74, 6) is 1.96. The average molecular weight is 418 g/mol. The number of hydrogen-bond donors (Lipinski definition) is 1. The van der Waals surface area contributed by atoms with Crippen molar-refractivity contribution in [3.63, 3.8) is 0 Å². The van der Waals surface area contributed by atoms with Gasteiger partial charge < -0.3 is 24.4 Å². The summed E-state index contributed by atoms with van der Waals surface area (Å²) >= 11 is 0. The Balaban J connectivity index is 1.74. The van der Waals surface area contributed by atoms with Gasteiger partial charge in [0.05, 0.1) is 19.3 Å². The zero-order valence-electron chi connectivity index (χ0n) is 19.0. The van der Waals surface area contributed by atoms with E-state index in [1.54, 1.807) is 0 Å². The van der Waals surface area contributed by atoms with Crippen molar-refractivity contribution in [2.45, 2.75) is 58.0 Å². The molecule has 0 amide bonds. The molecule has 0 aliphatic carbocycles. The van der Waals surface area contributed by atoms with Gasteiger partial charge in [-0.1, -0.05) is 12.1 Å². The molecule has 0 atom stereocenters. The molecular formula is C24H39N3O3. The Kier molecular flexibility index (Phi) is 8.82. The summed E-state index contributed by atoms with van der Waals surface area (Å²) in [4.78, 5) is 7.54. The van der Waals surface area contributed by atoms with Crippen molar-refractivity contribution in [1.29, 1.82) is 0 Å². The first kappa shape index (κ1) is 22.9. The van der Waals surface area contributed by atoms with Gasteiger partial charge in [0.1, 0.15) is 5.75 Å². The van der Waals surface area contributed by atoms with Gasteiger partial charge in [-0.2, -0.15) is 0 Å². The van der Waals surface area contributed by atoms with Gasteiger partial charge in [0.15, 0.2) is 5.96 Å². The van der Waals surface area contributed by atoms with Crippen molar-refractivity contribution in [3.8, 4) is 5.75 Å². The van der Waals surface area contributed by atoms with Gasteiger partial charge in [0.2, 0.25) is 0 Å². The molecule has 1 N–H and O–H groups in total. The zero-order chi connectivity index (χ0) is 21.2. The Morgan fingerprint density at radius 3 is 2.40 bits per heavy atom. The third-order valence-electron chi connectivity index (χ3n) is 6.24. The van der Waals surface area contributed by atoms with Crippen LogP contribution in [0.5, 0.6) is 5.75 Å². The maximum absolute atomic E-state index is 5.82. The molecule has 1 aromatic carbocycles.